The van der Waals surface area contributed by atoms with Crippen LogP contribution in [0, 0.1) is 5.92 Å². The summed E-state index contributed by atoms with van der Waals surface area (Å²) in [6.07, 6.45) is 10.9. The molecule has 3 heteroatoms. The lowest BCUT2D eigenvalue weighted by Gasteiger charge is -2.49. The second kappa shape index (κ2) is 6.33. The topological polar surface area (TPSA) is 30.5 Å². The second-order valence-electron chi connectivity index (χ2n) is 7.18. The van der Waals surface area contributed by atoms with Gasteiger partial charge in [0.2, 0.25) is 0 Å². The smallest absolute Gasteiger partial charge is 0.0735 e. The van der Waals surface area contributed by atoms with Crippen LogP contribution in [-0.2, 0) is 9.47 Å². The summed E-state index contributed by atoms with van der Waals surface area (Å²) in [4.78, 5) is 0. The molecule has 3 fully saturated rings. The molecule has 2 saturated heterocycles. The fourth-order valence-corrected chi connectivity index (χ4v) is 4.30. The van der Waals surface area contributed by atoms with Gasteiger partial charge in [-0.05, 0) is 70.8 Å². The number of nitrogens with one attached hydrogen (secondary N) is 1. The van der Waals surface area contributed by atoms with Crippen molar-refractivity contribution in [2.75, 3.05) is 13.2 Å². The minimum atomic E-state index is 0.249. The molecule has 4 unspecified atom stereocenters. The molecule has 1 saturated carbocycles. The Bertz CT molecular complexity index is 316. The Hall–Kier alpha value is -0.120. The molecule has 0 aromatic heterocycles. The van der Waals surface area contributed by atoms with E-state index in [0.29, 0.717) is 18.2 Å². The summed E-state index contributed by atoms with van der Waals surface area (Å²) < 4.78 is 12.3. The normalized spacial score (nSPS) is 37.8. The third kappa shape index (κ3) is 3.05. The van der Waals surface area contributed by atoms with Crippen molar-refractivity contribution in [3.63, 3.8) is 0 Å². The maximum Gasteiger partial charge on any atom is 0.0735 e. The minimum absolute atomic E-state index is 0.249. The average Bonchev–Trinajstić information content (AvgIpc) is 2.84. The quantitative estimate of drug-likeness (QED) is 0.839. The molecule has 0 amide bonds. The first-order chi connectivity index (χ1) is 9.72. The van der Waals surface area contributed by atoms with Gasteiger partial charge in [0.25, 0.3) is 0 Å². The van der Waals surface area contributed by atoms with Gasteiger partial charge in [0, 0.05) is 12.6 Å². The van der Waals surface area contributed by atoms with Crippen LogP contribution in [0.15, 0.2) is 0 Å². The molecule has 3 rings (SSSR count). The first-order valence-corrected chi connectivity index (χ1v) is 8.75. The lowest BCUT2D eigenvalue weighted by atomic mass is 9.69. The van der Waals surface area contributed by atoms with Crippen LogP contribution in [0.5, 0.6) is 0 Å². The Morgan fingerprint density at radius 1 is 1.25 bits per heavy atom. The summed E-state index contributed by atoms with van der Waals surface area (Å²) in [6.45, 7) is 6.54. The molecule has 1 N–H and O–H groups in total. The second-order valence-corrected chi connectivity index (χ2v) is 7.18. The minimum Gasteiger partial charge on any atom is -0.375 e. The van der Waals surface area contributed by atoms with Gasteiger partial charge >= 0.3 is 0 Å². The number of hydrogen-bond donors (Lipinski definition) is 1. The van der Waals surface area contributed by atoms with Crippen LogP contribution in [0.25, 0.3) is 0 Å². The average molecular weight is 281 g/mol. The number of rotatable bonds is 5. The molecule has 0 aromatic carbocycles. The fourth-order valence-electron chi connectivity index (χ4n) is 4.30. The fraction of sp³-hybridized carbons (Fsp3) is 1.00. The van der Waals surface area contributed by atoms with Crippen molar-refractivity contribution in [3.8, 4) is 0 Å². The third-order valence-corrected chi connectivity index (χ3v) is 5.60. The highest BCUT2D eigenvalue weighted by Gasteiger charge is 2.46. The van der Waals surface area contributed by atoms with Crippen molar-refractivity contribution in [2.24, 2.45) is 5.92 Å². The van der Waals surface area contributed by atoms with Crippen LogP contribution >= 0.6 is 0 Å². The predicted octanol–water partition coefficient (Wildman–Crippen LogP) is 3.27. The van der Waals surface area contributed by atoms with Crippen LogP contribution in [-0.4, -0.2) is 37.0 Å². The molecule has 3 aliphatic rings. The van der Waals surface area contributed by atoms with Gasteiger partial charge < -0.3 is 14.8 Å². The molecule has 20 heavy (non-hydrogen) atoms. The van der Waals surface area contributed by atoms with E-state index >= 15 is 0 Å². The number of ether oxygens (including phenoxy) is 2. The monoisotopic (exact) mass is 281 g/mol. The van der Waals surface area contributed by atoms with Crippen LogP contribution in [0.4, 0.5) is 0 Å². The zero-order valence-corrected chi connectivity index (χ0v) is 13.2. The van der Waals surface area contributed by atoms with Gasteiger partial charge in [-0.2, -0.15) is 0 Å². The summed E-state index contributed by atoms with van der Waals surface area (Å²) in [5.74, 6) is 0.742. The molecule has 0 bridgehead atoms. The van der Waals surface area contributed by atoms with Gasteiger partial charge in [-0.3, -0.25) is 0 Å². The maximum atomic E-state index is 6.19. The highest BCUT2D eigenvalue weighted by molar-refractivity contribution is 4.99. The zero-order chi connectivity index (χ0) is 14.0. The maximum absolute atomic E-state index is 6.19. The SMILES string of the molecule is CCCNC(C1CCOC2(CCC2)C1)C1CCC(C)O1. The highest BCUT2D eigenvalue weighted by Crippen LogP contribution is 2.46. The summed E-state index contributed by atoms with van der Waals surface area (Å²) in [5.41, 5.74) is 0.249. The predicted molar refractivity (Wildman–Crippen MR) is 80.9 cm³/mol. The van der Waals surface area contributed by atoms with Crippen LogP contribution in [0.1, 0.15) is 65.2 Å². The van der Waals surface area contributed by atoms with Crippen molar-refractivity contribution in [1.29, 1.82) is 0 Å². The van der Waals surface area contributed by atoms with E-state index in [2.05, 4.69) is 19.2 Å². The van der Waals surface area contributed by atoms with Crippen molar-refractivity contribution in [1.82, 2.24) is 5.32 Å². The van der Waals surface area contributed by atoms with E-state index in [4.69, 9.17) is 9.47 Å². The number of hydrogen-bond acceptors (Lipinski definition) is 3. The molecule has 116 valence electrons. The van der Waals surface area contributed by atoms with Crippen molar-refractivity contribution < 1.29 is 9.47 Å². The third-order valence-electron chi connectivity index (χ3n) is 5.60. The molecule has 2 heterocycles. The van der Waals surface area contributed by atoms with Crippen molar-refractivity contribution >= 4 is 0 Å². The Balaban J connectivity index is 1.64. The molecule has 2 aliphatic heterocycles. The lowest BCUT2D eigenvalue weighted by Crippen LogP contribution is -2.53. The van der Waals surface area contributed by atoms with Crippen LogP contribution in [0.3, 0.4) is 0 Å². The lowest BCUT2D eigenvalue weighted by molar-refractivity contribution is -0.152. The molecular weight excluding hydrogens is 250 g/mol. The van der Waals surface area contributed by atoms with E-state index < -0.39 is 0 Å². The van der Waals surface area contributed by atoms with Gasteiger partial charge in [0.05, 0.1) is 17.8 Å². The van der Waals surface area contributed by atoms with Gasteiger partial charge in [-0.25, -0.2) is 0 Å². The largest absolute Gasteiger partial charge is 0.375 e. The molecule has 0 aromatic rings. The van der Waals surface area contributed by atoms with Crippen molar-refractivity contribution in [3.05, 3.63) is 0 Å². The Morgan fingerprint density at radius 2 is 2.10 bits per heavy atom. The molecule has 3 nitrogen and oxygen atoms in total. The van der Waals surface area contributed by atoms with E-state index in [1.807, 2.05) is 0 Å². The Labute approximate surface area is 123 Å². The first-order valence-electron chi connectivity index (χ1n) is 8.75. The van der Waals surface area contributed by atoms with E-state index in [1.165, 1.54) is 51.4 Å². The van der Waals surface area contributed by atoms with Crippen LogP contribution in [0.2, 0.25) is 0 Å². The molecule has 0 radical (unpaired) electrons. The van der Waals surface area contributed by atoms with Crippen LogP contribution < -0.4 is 5.32 Å². The zero-order valence-electron chi connectivity index (χ0n) is 13.2. The standard InChI is InChI=1S/C17H31NO2/c1-3-10-18-16(15-6-5-13(2)20-15)14-7-11-19-17(12-14)8-4-9-17/h13-16,18H,3-12H2,1-2H3. The van der Waals surface area contributed by atoms with Gasteiger partial charge in [0.1, 0.15) is 0 Å². The van der Waals surface area contributed by atoms with E-state index in [-0.39, 0.29) is 5.60 Å². The Morgan fingerprint density at radius 3 is 2.70 bits per heavy atom. The summed E-state index contributed by atoms with van der Waals surface area (Å²) >= 11 is 0. The Kier molecular flexibility index (Phi) is 4.68. The van der Waals surface area contributed by atoms with E-state index in [1.54, 1.807) is 0 Å². The van der Waals surface area contributed by atoms with Gasteiger partial charge in [0.15, 0.2) is 0 Å². The van der Waals surface area contributed by atoms with E-state index in [0.717, 1.165) is 19.1 Å². The van der Waals surface area contributed by atoms with Gasteiger partial charge in [-0.15, -0.1) is 0 Å². The van der Waals surface area contributed by atoms with Crippen molar-refractivity contribution in [2.45, 2.75) is 89.1 Å². The van der Waals surface area contributed by atoms with E-state index in [9.17, 15) is 0 Å². The molecule has 1 spiro atoms. The van der Waals surface area contributed by atoms with Gasteiger partial charge in [-0.1, -0.05) is 6.92 Å². The summed E-state index contributed by atoms with van der Waals surface area (Å²) in [7, 11) is 0. The summed E-state index contributed by atoms with van der Waals surface area (Å²) in [5, 5.41) is 3.81. The first kappa shape index (κ1) is 14.8. The molecule has 1 aliphatic carbocycles. The highest BCUT2D eigenvalue weighted by atomic mass is 16.5. The summed E-state index contributed by atoms with van der Waals surface area (Å²) in [6, 6.07) is 0.543. The molecule has 4 atom stereocenters. The molecular formula is C17H31NO2.